The van der Waals surface area contributed by atoms with Gasteiger partial charge in [-0.25, -0.2) is 9.50 Å². The molecule has 0 N–H and O–H groups in total. The Labute approximate surface area is 93.4 Å². The molecule has 78 valence electrons. The van der Waals surface area contributed by atoms with Gasteiger partial charge in [0.15, 0.2) is 11.5 Å². The number of fused-ring (bicyclic) bond motifs is 1. The quantitative estimate of drug-likeness (QED) is 0.616. The molecule has 0 amide bonds. The summed E-state index contributed by atoms with van der Waals surface area (Å²) >= 11 is 0. The molecule has 16 heavy (non-hydrogen) atoms. The molecule has 3 rings (SSSR count). The number of rotatable bonds is 1. The first kappa shape index (κ1) is 9.09. The highest BCUT2D eigenvalue weighted by atomic mass is 15.3. The topological polar surface area (TPSA) is 30.2 Å². The normalized spacial score (nSPS) is 10.8. The maximum atomic E-state index is 4.53. The molecule has 0 saturated carbocycles. The second-order valence-corrected chi connectivity index (χ2v) is 3.76. The van der Waals surface area contributed by atoms with Gasteiger partial charge < -0.3 is 0 Å². The van der Waals surface area contributed by atoms with E-state index in [1.165, 1.54) is 0 Å². The monoisotopic (exact) mass is 209 g/mol. The van der Waals surface area contributed by atoms with Crippen molar-refractivity contribution in [1.82, 2.24) is 14.6 Å². The molecule has 0 unspecified atom stereocenters. The van der Waals surface area contributed by atoms with Crippen LogP contribution in [-0.4, -0.2) is 14.6 Å². The lowest BCUT2D eigenvalue weighted by Gasteiger charge is -1.92. The molecular formula is C13H11N3. The van der Waals surface area contributed by atoms with E-state index in [0.29, 0.717) is 0 Å². The molecular weight excluding hydrogens is 198 g/mol. The summed E-state index contributed by atoms with van der Waals surface area (Å²) < 4.78 is 1.82. The van der Waals surface area contributed by atoms with Crippen molar-refractivity contribution < 1.29 is 0 Å². The fraction of sp³-hybridized carbons (Fsp3) is 0.0769. The number of hydrogen-bond donors (Lipinski definition) is 0. The molecule has 2 aromatic heterocycles. The van der Waals surface area contributed by atoms with E-state index in [1.807, 2.05) is 60.1 Å². The Morgan fingerprint density at radius 1 is 1.00 bits per heavy atom. The lowest BCUT2D eigenvalue weighted by Crippen LogP contribution is -1.87. The first-order valence-corrected chi connectivity index (χ1v) is 5.22. The van der Waals surface area contributed by atoms with Gasteiger partial charge >= 0.3 is 0 Å². The number of hydrogen-bond acceptors (Lipinski definition) is 2. The highest BCUT2D eigenvalue weighted by Gasteiger charge is 2.06. The van der Waals surface area contributed by atoms with Crippen LogP contribution >= 0.6 is 0 Å². The maximum Gasteiger partial charge on any atom is 0.182 e. The van der Waals surface area contributed by atoms with Crippen molar-refractivity contribution in [1.29, 1.82) is 0 Å². The average molecular weight is 209 g/mol. The highest BCUT2D eigenvalue weighted by Crippen LogP contribution is 2.16. The largest absolute Gasteiger partial charge is 0.220 e. The smallest absolute Gasteiger partial charge is 0.182 e. The van der Waals surface area contributed by atoms with E-state index in [4.69, 9.17) is 0 Å². The summed E-state index contributed by atoms with van der Waals surface area (Å²) in [5.74, 6) is 0.773. The molecule has 0 bridgehead atoms. The van der Waals surface area contributed by atoms with Crippen LogP contribution in [0.2, 0.25) is 0 Å². The zero-order valence-corrected chi connectivity index (χ0v) is 8.96. The second kappa shape index (κ2) is 3.45. The van der Waals surface area contributed by atoms with Gasteiger partial charge in [-0.05, 0) is 18.6 Å². The highest BCUT2D eigenvalue weighted by molar-refractivity contribution is 5.59. The summed E-state index contributed by atoms with van der Waals surface area (Å²) in [6.45, 7) is 2.04. The Bertz CT molecular complexity index is 626. The van der Waals surface area contributed by atoms with Gasteiger partial charge in [0.2, 0.25) is 0 Å². The number of nitrogens with zero attached hydrogens (tertiary/aromatic N) is 3. The van der Waals surface area contributed by atoms with Crippen molar-refractivity contribution in [3.8, 4) is 11.4 Å². The Balaban J connectivity index is 2.23. The number of benzene rings is 1. The first-order valence-electron chi connectivity index (χ1n) is 5.22. The van der Waals surface area contributed by atoms with E-state index in [0.717, 1.165) is 22.6 Å². The number of pyridine rings is 1. The third kappa shape index (κ3) is 1.37. The van der Waals surface area contributed by atoms with E-state index < -0.39 is 0 Å². The predicted octanol–water partition coefficient (Wildman–Crippen LogP) is 2.70. The van der Waals surface area contributed by atoms with Crippen molar-refractivity contribution in [3.63, 3.8) is 0 Å². The molecule has 0 fully saturated rings. The molecule has 0 saturated heterocycles. The third-order valence-corrected chi connectivity index (χ3v) is 2.59. The van der Waals surface area contributed by atoms with Crippen LogP contribution in [0, 0.1) is 6.92 Å². The maximum absolute atomic E-state index is 4.53. The molecule has 0 spiro atoms. The first-order chi connectivity index (χ1) is 7.84. The molecule has 0 atom stereocenters. The van der Waals surface area contributed by atoms with Crippen LogP contribution in [0.3, 0.4) is 0 Å². The predicted molar refractivity (Wildman–Crippen MR) is 63.2 cm³/mol. The van der Waals surface area contributed by atoms with Gasteiger partial charge in [0.25, 0.3) is 0 Å². The van der Waals surface area contributed by atoms with E-state index in [9.17, 15) is 0 Å². The molecule has 0 radical (unpaired) electrons. The minimum Gasteiger partial charge on any atom is -0.220 e. The molecule has 0 aliphatic rings. The van der Waals surface area contributed by atoms with Crippen LogP contribution in [0.4, 0.5) is 0 Å². The van der Waals surface area contributed by atoms with Crippen LogP contribution in [0.1, 0.15) is 5.56 Å². The number of aromatic nitrogens is 3. The van der Waals surface area contributed by atoms with Crippen molar-refractivity contribution in [2.75, 3.05) is 0 Å². The Morgan fingerprint density at radius 2 is 1.81 bits per heavy atom. The second-order valence-electron chi connectivity index (χ2n) is 3.76. The fourth-order valence-electron chi connectivity index (χ4n) is 1.75. The van der Waals surface area contributed by atoms with Crippen molar-refractivity contribution >= 4 is 5.65 Å². The summed E-state index contributed by atoms with van der Waals surface area (Å²) in [6.07, 6.45) is 1.92. The van der Waals surface area contributed by atoms with Crippen LogP contribution in [0.5, 0.6) is 0 Å². The fourth-order valence-corrected chi connectivity index (χ4v) is 1.75. The minimum absolute atomic E-state index is 0.773. The van der Waals surface area contributed by atoms with Gasteiger partial charge in [-0.15, -0.1) is 5.10 Å². The third-order valence-electron chi connectivity index (χ3n) is 2.59. The summed E-state index contributed by atoms with van der Waals surface area (Å²) in [4.78, 5) is 4.53. The van der Waals surface area contributed by atoms with Gasteiger partial charge in [0.05, 0.1) is 0 Å². The van der Waals surface area contributed by atoms with Crippen molar-refractivity contribution in [3.05, 3.63) is 54.2 Å². The summed E-state index contributed by atoms with van der Waals surface area (Å²) in [7, 11) is 0. The van der Waals surface area contributed by atoms with Gasteiger partial charge in [-0.1, -0.05) is 36.4 Å². The van der Waals surface area contributed by atoms with Crippen LogP contribution in [-0.2, 0) is 0 Å². The van der Waals surface area contributed by atoms with E-state index in [-0.39, 0.29) is 0 Å². The molecule has 3 heteroatoms. The van der Waals surface area contributed by atoms with Gasteiger partial charge in [-0.3, -0.25) is 0 Å². The van der Waals surface area contributed by atoms with Crippen molar-refractivity contribution in [2.24, 2.45) is 0 Å². The lowest BCUT2D eigenvalue weighted by atomic mass is 10.2. The SMILES string of the molecule is Cc1cccn2nc(-c3ccccc3)nc12. The zero-order chi connectivity index (χ0) is 11.0. The summed E-state index contributed by atoms with van der Waals surface area (Å²) in [5.41, 5.74) is 3.10. The molecule has 2 heterocycles. The molecule has 3 aromatic rings. The van der Waals surface area contributed by atoms with Crippen LogP contribution in [0.15, 0.2) is 48.7 Å². The van der Waals surface area contributed by atoms with Gasteiger partial charge in [0.1, 0.15) is 0 Å². The number of aryl methyl sites for hydroxylation is 1. The Hall–Kier alpha value is -2.16. The molecule has 1 aromatic carbocycles. The van der Waals surface area contributed by atoms with E-state index >= 15 is 0 Å². The standard InChI is InChI=1S/C13H11N3/c1-10-6-5-9-16-13(10)14-12(15-16)11-7-3-2-4-8-11/h2-9H,1H3. The van der Waals surface area contributed by atoms with E-state index in [1.54, 1.807) is 0 Å². The molecule has 3 nitrogen and oxygen atoms in total. The summed E-state index contributed by atoms with van der Waals surface area (Å²) in [5, 5.41) is 4.45. The molecule has 0 aliphatic carbocycles. The van der Waals surface area contributed by atoms with Gasteiger partial charge in [0, 0.05) is 11.8 Å². The lowest BCUT2D eigenvalue weighted by molar-refractivity contribution is 0.960. The van der Waals surface area contributed by atoms with Crippen molar-refractivity contribution in [2.45, 2.75) is 6.92 Å². The van der Waals surface area contributed by atoms with Gasteiger partial charge in [-0.2, -0.15) is 0 Å². The Morgan fingerprint density at radius 3 is 2.56 bits per heavy atom. The molecule has 0 aliphatic heterocycles. The summed E-state index contributed by atoms with van der Waals surface area (Å²) in [6, 6.07) is 14.0. The minimum atomic E-state index is 0.773. The Kier molecular flexibility index (Phi) is 1.96. The average Bonchev–Trinajstić information content (AvgIpc) is 2.76. The van der Waals surface area contributed by atoms with Crippen LogP contribution in [0.25, 0.3) is 17.0 Å². The van der Waals surface area contributed by atoms with E-state index in [2.05, 4.69) is 10.1 Å². The zero-order valence-electron chi connectivity index (χ0n) is 8.96. The van der Waals surface area contributed by atoms with Crippen LogP contribution < -0.4 is 0 Å².